The molecule has 2 unspecified atom stereocenters. The number of hydrogen-bond acceptors (Lipinski definition) is 4. The predicted octanol–water partition coefficient (Wildman–Crippen LogP) is 7.57. The monoisotopic (exact) mass is 542 g/mol. The van der Waals surface area contributed by atoms with Crippen molar-refractivity contribution >= 4 is 5.69 Å². The second-order valence-electron chi connectivity index (χ2n) is 11.8. The summed E-state index contributed by atoms with van der Waals surface area (Å²) in [6, 6.07) is 26.9. The smallest absolute Gasteiger partial charge is 0.161 e. The summed E-state index contributed by atoms with van der Waals surface area (Å²) >= 11 is 0. The van der Waals surface area contributed by atoms with Crippen LogP contribution in [0.15, 0.2) is 120 Å². The number of benzene rings is 3. The zero-order chi connectivity index (χ0) is 27.6. The average Bonchev–Trinajstić information content (AvgIpc) is 3.02. The topological polar surface area (TPSA) is 24.9 Å². The zero-order valence-electron chi connectivity index (χ0n) is 23.8. The normalized spacial score (nSPS) is 22.0. The molecular weight excluding hydrogens is 504 g/mol. The third kappa shape index (κ3) is 5.75. The first-order valence-corrected chi connectivity index (χ1v) is 14.9. The molecule has 4 nitrogen and oxygen atoms in total. The molecule has 0 amide bonds. The van der Waals surface area contributed by atoms with E-state index in [-0.39, 0.29) is 0 Å². The van der Waals surface area contributed by atoms with Crippen LogP contribution in [0.4, 0.5) is 5.69 Å². The fraction of sp³-hybridized carbons (Fsp3) is 0.297. The maximum Gasteiger partial charge on any atom is 0.161 e. The number of nitrogens with zero attached hydrogens (tertiary/aromatic N) is 2. The largest absolute Gasteiger partial charge is 0.478 e. The molecule has 0 fully saturated rings. The van der Waals surface area contributed by atoms with Crippen molar-refractivity contribution < 1.29 is 9.47 Å². The molecule has 41 heavy (non-hydrogen) atoms. The SMILES string of the molecule is CC1CC=CC2=C1OCN(c1ccc(Cc3ccc(CC4=CCC(N5COc6ccccc6C5)C=C4)cc3)cc1)C2. The highest BCUT2D eigenvalue weighted by Gasteiger charge is 2.25. The lowest BCUT2D eigenvalue weighted by atomic mass is 9.94. The van der Waals surface area contributed by atoms with Crippen molar-refractivity contribution in [1.82, 2.24) is 4.90 Å². The van der Waals surface area contributed by atoms with Crippen LogP contribution in [0.5, 0.6) is 5.75 Å². The second-order valence-corrected chi connectivity index (χ2v) is 11.8. The summed E-state index contributed by atoms with van der Waals surface area (Å²) in [4.78, 5) is 4.73. The molecule has 0 spiro atoms. The van der Waals surface area contributed by atoms with Crippen molar-refractivity contribution in [1.29, 1.82) is 0 Å². The number of fused-ring (bicyclic) bond motifs is 1. The van der Waals surface area contributed by atoms with Crippen molar-refractivity contribution in [2.75, 3.05) is 24.9 Å². The molecule has 0 bridgehead atoms. The van der Waals surface area contributed by atoms with E-state index in [2.05, 4.69) is 114 Å². The number of para-hydroxylation sites is 1. The van der Waals surface area contributed by atoms with Gasteiger partial charge in [0.05, 0.1) is 0 Å². The van der Waals surface area contributed by atoms with Crippen LogP contribution in [0, 0.1) is 5.92 Å². The summed E-state index contributed by atoms with van der Waals surface area (Å²) in [5, 5.41) is 0. The minimum absolute atomic E-state index is 0.394. The highest BCUT2D eigenvalue weighted by Crippen LogP contribution is 2.32. The van der Waals surface area contributed by atoms with Crippen LogP contribution in [0.1, 0.15) is 42.0 Å². The average molecular weight is 543 g/mol. The number of ether oxygens (including phenoxy) is 2. The van der Waals surface area contributed by atoms with Crippen molar-refractivity contribution in [2.45, 2.75) is 45.2 Å². The Hall–Kier alpha value is -4.02. The van der Waals surface area contributed by atoms with Crippen molar-refractivity contribution in [3.8, 4) is 5.75 Å². The van der Waals surface area contributed by atoms with Gasteiger partial charge in [-0.05, 0) is 66.1 Å². The summed E-state index contributed by atoms with van der Waals surface area (Å²) in [7, 11) is 0. The van der Waals surface area contributed by atoms with Gasteiger partial charge in [0.25, 0.3) is 0 Å². The van der Waals surface area contributed by atoms with E-state index in [0.717, 1.165) is 44.5 Å². The third-order valence-corrected chi connectivity index (χ3v) is 8.81. The van der Waals surface area contributed by atoms with Crippen molar-refractivity contribution in [3.63, 3.8) is 0 Å². The molecule has 0 aromatic heterocycles. The Morgan fingerprint density at radius 1 is 0.756 bits per heavy atom. The van der Waals surface area contributed by atoms with E-state index in [1.807, 2.05) is 6.07 Å². The first kappa shape index (κ1) is 25.9. The molecule has 0 radical (unpaired) electrons. The van der Waals surface area contributed by atoms with Gasteiger partial charge in [0.15, 0.2) is 6.73 Å². The van der Waals surface area contributed by atoms with Gasteiger partial charge in [0.1, 0.15) is 18.2 Å². The highest BCUT2D eigenvalue weighted by molar-refractivity contribution is 5.51. The first-order valence-electron chi connectivity index (χ1n) is 14.9. The zero-order valence-corrected chi connectivity index (χ0v) is 23.8. The van der Waals surface area contributed by atoms with Gasteiger partial charge in [-0.15, -0.1) is 0 Å². The van der Waals surface area contributed by atoms with Crippen LogP contribution < -0.4 is 9.64 Å². The summed E-state index contributed by atoms with van der Waals surface area (Å²) in [5.74, 6) is 2.70. The van der Waals surface area contributed by atoms with Crippen LogP contribution in [0.2, 0.25) is 0 Å². The van der Waals surface area contributed by atoms with Crippen molar-refractivity contribution in [3.05, 3.63) is 142 Å². The third-order valence-electron chi connectivity index (χ3n) is 8.81. The van der Waals surface area contributed by atoms with E-state index in [4.69, 9.17) is 9.47 Å². The number of allylic oxidation sites excluding steroid dienone is 4. The molecule has 0 N–H and O–H groups in total. The number of rotatable bonds is 6. The van der Waals surface area contributed by atoms with Crippen LogP contribution in [0.3, 0.4) is 0 Å². The molecule has 4 aliphatic rings. The first-order chi connectivity index (χ1) is 20.2. The Kier molecular flexibility index (Phi) is 7.24. The van der Waals surface area contributed by atoms with Gasteiger partial charge in [-0.2, -0.15) is 0 Å². The number of hydrogen-bond donors (Lipinski definition) is 0. The van der Waals surface area contributed by atoms with E-state index in [1.165, 1.54) is 44.8 Å². The molecule has 0 saturated heterocycles. The highest BCUT2D eigenvalue weighted by atomic mass is 16.5. The Morgan fingerprint density at radius 3 is 2.29 bits per heavy atom. The minimum Gasteiger partial charge on any atom is -0.478 e. The summed E-state index contributed by atoms with van der Waals surface area (Å²) in [6.07, 6.45) is 15.6. The van der Waals surface area contributed by atoms with Gasteiger partial charge in [0, 0.05) is 41.9 Å². The maximum atomic E-state index is 6.14. The molecule has 2 aliphatic heterocycles. The lowest BCUT2D eigenvalue weighted by Gasteiger charge is -2.35. The van der Waals surface area contributed by atoms with Gasteiger partial charge < -0.3 is 14.4 Å². The van der Waals surface area contributed by atoms with Crippen LogP contribution >= 0.6 is 0 Å². The van der Waals surface area contributed by atoms with E-state index in [0.29, 0.717) is 25.4 Å². The molecule has 3 aromatic rings. The lowest BCUT2D eigenvalue weighted by molar-refractivity contribution is 0.0724. The van der Waals surface area contributed by atoms with Gasteiger partial charge in [-0.25, -0.2) is 0 Å². The van der Waals surface area contributed by atoms with Gasteiger partial charge in [0.2, 0.25) is 0 Å². The summed E-state index contributed by atoms with van der Waals surface area (Å²) in [5.41, 5.74) is 9.25. The number of anilines is 1. The second kappa shape index (κ2) is 11.5. The molecule has 2 heterocycles. The molecule has 208 valence electrons. The molecule has 7 rings (SSSR count). The van der Waals surface area contributed by atoms with Crippen LogP contribution in [-0.2, 0) is 24.1 Å². The quantitative estimate of drug-likeness (QED) is 0.321. The Balaban J connectivity index is 0.913. The van der Waals surface area contributed by atoms with E-state index in [1.54, 1.807) is 0 Å². The molecule has 3 aromatic carbocycles. The molecular formula is C37H38N2O2. The van der Waals surface area contributed by atoms with Crippen molar-refractivity contribution in [2.24, 2.45) is 5.92 Å². The Bertz CT molecular complexity index is 1510. The standard InChI is InChI=1S/C37H38N2O2/c1-27-5-4-7-33-24-39(26-41-37(27)33)35-19-15-31(16-20-35)22-29-11-9-28(10-12-29)21-30-13-17-34(18-14-30)38-23-32-6-2-3-8-36(32)40-25-38/h2-4,6-17,19-20,27,34H,5,18,21-26H2,1H3. The maximum absolute atomic E-state index is 6.14. The molecule has 2 atom stereocenters. The van der Waals surface area contributed by atoms with Crippen LogP contribution in [-0.4, -0.2) is 30.9 Å². The Morgan fingerprint density at radius 2 is 1.51 bits per heavy atom. The summed E-state index contributed by atoms with van der Waals surface area (Å²) in [6.45, 7) is 5.40. The van der Waals surface area contributed by atoms with E-state index < -0.39 is 0 Å². The fourth-order valence-electron chi connectivity index (χ4n) is 6.38. The molecule has 2 aliphatic carbocycles. The molecule has 0 saturated carbocycles. The van der Waals surface area contributed by atoms with E-state index in [9.17, 15) is 0 Å². The van der Waals surface area contributed by atoms with Gasteiger partial charge in [-0.1, -0.05) is 91.9 Å². The molecule has 4 heteroatoms. The predicted molar refractivity (Wildman–Crippen MR) is 166 cm³/mol. The van der Waals surface area contributed by atoms with Gasteiger partial charge >= 0.3 is 0 Å². The Labute approximate surface area is 243 Å². The van der Waals surface area contributed by atoms with Crippen LogP contribution in [0.25, 0.3) is 0 Å². The lowest BCUT2D eigenvalue weighted by Crippen LogP contribution is -2.39. The van der Waals surface area contributed by atoms with Gasteiger partial charge in [-0.3, -0.25) is 4.90 Å². The van der Waals surface area contributed by atoms with E-state index >= 15 is 0 Å². The summed E-state index contributed by atoms with van der Waals surface area (Å²) < 4.78 is 12.1. The minimum atomic E-state index is 0.394. The fourth-order valence-corrected chi connectivity index (χ4v) is 6.38.